The smallest absolute Gasteiger partial charge is 0.280 e. The Labute approximate surface area is 185 Å². The van der Waals surface area contributed by atoms with E-state index in [1.807, 2.05) is 0 Å². The number of rotatable bonds is 5. The van der Waals surface area contributed by atoms with Gasteiger partial charge < -0.3 is 10.6 Å². The van der Waals surface area contributed by atoms with Gasteiger partial charge in [0.15, 0.2) is 5.82 Å². The number of anilines is 2. The fourth-order valence-electron chi connectivity index (χ4n) is 4.43. The molecule has 2 saturated carbocycles. The van der Waals surface area contributed by atoms with E-state index in [0.29, 0.717) is 0 Å². The lowest BCUT2D eigenvalue weighted by Crippen LogP contribution is -2.50. The quantitative estimate of drug-likeness (QED) is 0.621. The predicted molar refractivity (Wildman–Crippen MR) is 107 cm³/mol. The molecule has 0 unspecified atom stereocenters. The molecule has 0 saturated heterocycles. The summed E-state index contributed by atoms with van der Waals surface area (Å²) in [6.45, 7) is 0. The molecule has 7 nitrogen and oxygen atoms in total. The molecule has 2 aliphatic rings. The zero-order valence-corrected chi connectivity index (χ0v) is 17.6. The molecule has 2 aromatic heterocycles. The lowest BCUT2D eigenvalue weighted by molar-refractivity contribution is -0.0459. The second-order valence-corrected chi connectivity index (χ2v) is 8.50. The summed E-state index contributed by atoms with van der Waals surface area (Å²) < 4.78 is 81.3. The molecular formula is C20H23F6N7. The maximum absolute atomic E-state index is 13.8. The van der Waals surface area contributed by atoms with Crippen molar-refractivity contribution in [1.29, 1.82) is 0 Å². The summed E-state index contributed by atoms with van der Waals surface area (Å²) in [5.74, 6) is -6.15. The van der Waals surface area contributed by atoms with E-state index in [1.54, 1.807) is 4.90 Å². The third-order valence-electron chi connectivity index (χ3n) is 6.13. The fourth-order valence-corrected chi connectivity index (χ4v) is 4.43. The van der Waals surface area contributed by atoms with Crippen molar-refractivity contribution in [1.82, 2.24) is 24.9 Å². The molecule has 4 rings (SSSR count). The van der Waals surface area contributed by atoms with Crippen LogP contribution in [-0.2, 0) is 0 Å². The van der Waals surface area contributed by atoms with Crippen LogP contribution in [0, 0.1) is 0 Å². The first-order valence-corrected chi connectivity index (χ1v) is 10.7. The summed E-state index contributed by atoms with van der Waals surface area (Å²) in [6, 6.07) is 0.227. The molecule has 0 aromatic carbocycles. The molecule has 0 bridgehead atoms. The third kappa shape index (κ3) is 5.44. The third-order valence-corrected chi connectivity index (χ3v) is 6.13. The molecule has 33 heavy (non-hydrogen) atoms. The second-order valence-electron chi connectivity index (χ2n) is 8.50. The highest BCUT2D eigenvalue weighted by molar-refractivity contribution is 5.50. The van der Waals surface area contributed by atoms with Gasteiger partial charge in [0.25, 0.3) is 6.43 Å². The van der Waals surface area contributed by atoms with Crippen molar-refractivity contribution in [2.24, 2.45) is 0 Å². The van der Waals surface area contributed by atoms with Crippen LogP contribution in [0.15, 0.2) is 12.3 Å². The summed E-state index contributed by atoms with van der Waals surface area (Å²) in [5, 5.41) is 0. The highest BCUT2D eigenvalue weighted by atomic mass is 19.3. The summed E-state index contributed by atoms with van der Waals surface area (Å²) in [7, 11) is 0. The molecule has 2 fully saturated rings. The van der Waals surface area contributed by atoms with Gasteiger partial charge in [-0.1, -0.05) is 0 Å². The molecule has 180 valence electrons. The Hall–Kier alpha value is -2.73. The molecule has 13 heteroatoms. The number of hydrogen-bond donors (Lipinski definition) is 1. The SMILES string of the molecule is Nc1nc(-c2nccc(C(F)F)n2)nc(N(C2CCC(F)(F)CC2)C2CCC(F)(F)CC2)n1. The largest absolute Gasteiger partial charge is 0.368 e. The van der Waals surface area contributed by atoms with Crippen molar-refractivity contribution >= 4 is 11.9 Å². The Kier molecular flexibility index (Phi) is 6.32. The number of alkyl halides is 6. The van der Waals surface area contributed by atoms with E-state index in [0.717, 1.165) is 12.3 Å². The number of aromatic nitrogens is 5. The molecule has 0 radical (unpaired) electrons. The van der Waals surface area contributed by atoms with Crippen LogP contribution >= 0.6 is 0 Å². The lowest BCUT2D eigenvalue weighted by atomic mass is 9.86. The Morgan fingerprint density at radius 2 is 1.36 bits per heavy atom. The zero-order chi connectivity index (χ0) is 23.8. The van der Waals surface area contributed by atoms with Crippen LogP contribution in [0.3, 0.4) is 0 Å². The van der Waals surface area contributed by atoms with Gasteiger partial charge in [0.05, 0.1) is 0 Å². The summed E-state index contributed by atoms with van der Waals surface area (Å²) in [6.07, 6.45) is -2.59. The highest BCUT2D eigenvalue weighted by Gasteiger charge is 2.43. The molecular weight excluding hydrogens is 452 g/mol. The van der Waals surface area contributed by atoms with Gasteiger partial charge in [0.2, 0.25) is 29.6 Å². The van der Waals surface area contributed by atoms with Crippen LogP contribution in [0.1, 0.15) is 63.5 Å². The van der Waals surface area contributed by atoms with Crippen molar-refractivity contribution in [3.05, 3.63) is 18.0 Å². The van der Waals surface area contributed by atoms with Gasteiger partial charge in [-0.05, 0) is 31.7 Å². The van der Waals surface area contributed by atoms with Crippen LogP contribution < -0.4 is 10.6 Å². The minimum atomic E-state index is -2.84. The topological polar surface area (TPSA) is 93.7 Å². The molecule has 2 aliphatic carbocycles. The van der Waals surface area contributed by atoms with Crippen molar-refractivity contribution < 1.29 is 26.3 Å². The van der Waals surface area contributed by atoms with E-state index < -0.39 is 36.0 Å². The van der Waals surface area contributed by atoms with E-state index in [1.165, 1.54) is 0 Å². The van der Waals surface area contributed by atoms with E-state index in [-0.39, 0.29) is 74.9 Å². The molecule has 2 heterocycles. The van der Waals surface area contributed by atoms with Crippen molar-refractivity contribution in [3.63, 3.8) is 0 Å². The van der Waals surface area contributed by atoms with Gasteiger partial charge >= 0.3 is 0 Å². The zero-order valence-electron chi connectivity index (χ0n) is 17.6. The van der Waals surface area contributed by atoms with Crippen LogP contribution in [0.5, 0.6) is 0 Å². The van der Waals surface area contributed by atoms with Gasteiger partial charge in [-0.15, -0.1) is 0 Å². The Bertz CT molecular complexity index is 941. The van der Waals surface area contributed by atoms with Crippen molar-refractivity contribution in [2.45, 2.75) is 81.7 Å². The normalized spacial score (nSPS) is 21.3. The van der Waals surface area contributed by atoms with Crippen molar-refractivity contribution in [3.8, 4) is 11.6 Å². The molecule has 0 aliphatic heterocycles. The standard InChI is InChI=1S/C20H23F6N7/c21-14(22)13-5-10-28-15(29-13)16-30-17(27)32-18(31-16)33(11-1-6-19(23,24)7-2-11)12-3-8-20(25,26)9-4-12/h5,10-12,14H,1-4,6-9H2,(H2,27,30,31,32). The Morgan fingerprint density at radius 1 is 0.818 bits per heavy atom. The van der Waals surface area contributed by atoms with Crippen molar-refractivity contribution in [2.75, 3.05) is 10.6 Å². The first-order valence-electron chi connectivity index (χ1n) is 10.7. The van der Waals surface area contributed by atoms with Crippen LogP contribution in [0.4, 0.5) is 38.2 Å². The van der Waals surface area contributed by atoms with Crippen LogP contribution in [0.25, 0.3) is 11.6 Å². The van der Waals surface area contributed by atoms with E-state index in [4.69, 9.17) is 5.73 Å². The average molecular weight is 475 g/mol. The van der Waals surface area contributed by atoms with Gasteiger partial charge in [-0.25, -0.2) is 36.3 Å². The van der Waals surface area contributed by atoms with E-state index in [9.17, 15) is 26.3 Å². The first-order chi connectivity index (χ1) is 15.5. The van der Waals surface area contributed by atoms with Crippen LogP contribution in [-0.4, -0.2) is 48.8 Å². The monoisotopic (exact) mass is 475 g/mol. The van der Waals surface area contributed by atoms with Gasteiger partial charge in [-0.2, -0.15) is 15.0 Å². The molecule has 0 atom stereocenters. The summed E-state index contributed by atoms with van der Waals surface area (Å²) in [5.41, 5.74) is 5.32. The van der Waals surface area contributed by atoms with E-state index >= 15 is 0 Å². The molecule has 0 amide bonds. The Morgan fingerprint density at radius 3 is 1.88 bits per heavy atom. The fraction of sp³-hybridized carbons (Fsp3) is 0.650. The summed E-state index contributed by atoms with van der Waals surface area (Å²) >= 11 is 0. The number of nitrogens with two attached hydrogens (primary N) is 1. The molecule has 2 aromatic rings. The average Bonchev–Trinajstić information content (AvgIpc) is 2.76. The maximum atomic E-state index is 13.8. The second kappa shape index (κ2) is 8.90. The summed E-state index contributed by atoms with van der Waals surface area (Å²) in [4.78, 5) is 21.8. The highest BCUT2D eigenvalue weighted by Crippen LogP contribution is 2.41. The minimum absolute atomic E-state index is 0.0222. The van der Waals surface area contributed by atoms with Crippen LogP contribution in [0.2, 0.25) is 0 Å². The van der Waals surface area contributed by atoms with Gasteiger partial charge in [-0.3, -0.25) is 0 Å². The van der Waals surface area contributed by atoms with E-state index in [2.05, 4.69) is 24.9 Å². The minimum Gasteiger partial charge on any atom is -0.368 e. The maximum Gasteiger partial charge on any atom is 0.280 e. The van der Waals surface area contributed by atoms with Gasteiger partial charge in [0.1, 0.15) is 5.69 Å². The first kappa shape index (κ1) is 23.4. The number of hydrogen-bond acceptors (Lipinski definition) is 7. The predicted octanol–water partition coefficient (Wildman–Crippen LogP) is 4.81. The Balaban J connectivity index is 1.70. The number of nitrogens with zero attached hydrogens (tertiary/aromatic N) is 6. The lowest BCUT2D eigenvalue weighted by Gasteiger charge is -2.43. The molecule has 2 N–H and O–H groups in total. The number of halogens is 6. The van der Waals surface area contributed by atoms with Gasteiger partial charge in [0, 0.05) is 44.0 Å². The molecule has 0 spiro atoms. The number of nitrogen functional groups attached to an aromatic ring is 1.